The van der Waals surface area contributed by atoms with Crippen LogP contribution in [-0.2, 0) is 0 Å². The van der Waals surface area contributed by atoms with Crippen molar-refractivity contribution in [1.29, 1.82) is 0 Å². The molecule has 0 bridgehead atoms. The zero-order valence-corrected chi connectivity index (χ0v) is 9.02. The molecule has 76 valence electrons. The van der Waals surface area contributed by atoms with Crippen molar-refractivity contribution >= 4 is 23.1 Å². The van der Waals surface area contributed by atoms with E-state index in [-0.39, 0.29) is 0 Å². The summed E-state index contributed by atoms with van der Waals surface area (Å²) in [5.41, 5.74) is 0.841. The third kappa shape index (κ3) is 2.44. The monoisotopic (exact) mass is 219 g/mol. The van der Waals surface area contributed by atoms with E-state index in [2.05, 4.69) is 9.98 Å². The fourth-order valence-corrected chi connectivity index (χ4v) is 1.43. The number of imidazole rings is 1. The highest BCUT2D eigenvalue weighted by molar-refractivity contribution is 6.30. The SMILES string of the molecule is CC(=Nc1cccc(Cl)c1)n1ccnc1. The molecule has 0 N–H and O–H groups in total. The maximum atomic E-state index is 5.86. The molecule has 1 heterocycles. The molecule has 0 saturated carbocycles. The molecule has 0 saturated heterocycles. The Morgan fingerprint density at radius 2 is 2.33 bits per heavy atom. The lowest BCUT2D eigenvalue weighted by Gasteiger charge is -2.00. The normalized spacial score (nSPS) is 11.7. The molecule has 3 nitrogen and oxygen atoms in total. The number of nitrogens with zero attached hydrogens (tertiary/aromatic N) is 3. The summed E-state index contributed by atoms with van der Waals surface area (Å²) in [7, 11) is 0. The minimum Gasteiger partial charge on any atom is -0.294 e. The van der Waals surface area contributed by atoms with Crippen molar-refractivity contribution < 1.29 is 0 Å². The fourth-order valence-electron chi connectivity index (χ4n) is 1.24. The van der Waals surface area contributed by atoms with Crippen LogP contribution in [0.15, 0.2) is 48.0 Å². The number of rotatable bonds is 1. The van der Waals surface area contributed by atoms with E-state index >= 15 is 0 Å². The van der Waals surface area contributed by atoms with E-state index in [9.17, 15) is 0 Å². The van der Waals surface area contributed by atoms with E-state index < -0.39 is 0 Å². The van der Waals surface area contributed by atoms with Gasteiger partial charge in [-0.2, -0.15) is 0 Å². The van der Waals surface area contributed by atoms with E-state index in [4.69, 9.17) is 11.6 Å². The number of benzene rings is 1. The maximum absolute atomic E-state index is 5.86. The first-order valence-electron chi connectivity index (χ1n) is 4.55. The van der Waals surface area contributed by atoms with E-state index in [1.807, 2.05) is 42.0 Å². The highest BCUT2D eigenvalue weighted by atomic mass is 35.5. The molecule has 1 aromatic heterocycles. The van der Waals surface area contributed by atoms with Crippen molar-refractivity contribution in [3.05, 3.63) is 48.0 Å². The molecule has 0 spiro atoms. The molecule has 0 aliphatic rings. The summed E-state index contributed by atoms with van der Waals surface area (Å²) >= 11 is 5.86. The summed E-state index contributed by atoms with van der Waals surface area (Å²) in [6, 6.07) is 7.43. The minimum absolute atomic E-state index is 0.690. The van der Waals surface area contributed by atoms with Crippen molar-refractivity contribution in [2.75, 3.05) is 0 Å². The topological polar surface area (TPSA) is 30.2 Å². The van der Waals surface area contributed by atoms with Gasteiger partial charge in [-0.1, -0.05) is 17.7 Å². The summed E-state index contributed by atoms with van der Waals surface area (Å²) in [5.74, 6) is 0.856. The van der Waals surface area contributed by atoms with Crippen molar-refractivity contribution in [2.24, 2.45) is 4.99 Å². The van der Waals surface area contributed by atoms with Gasteiger partial charge >= 0.3 is 0 Å². The van der Waals surface area contributed by atoms with Crippen molar-refractivity contribution in [3.8, 4) is 0 Å². The van der Waals surface area contributed by atoms with Crippen LogP contribution in [-0.4, -0.2) is 15.4 Å². The fraction of sp³-hybridized carbons (Fsp3) is 0.0909. The van der Waals surface area contributed by atoms with Gasteiger partial charge in [0, 0.05) is 17.4 Å². The standard InChI is InChI=1S/C11H10ClN3/c1-9(15-6-5-13-8-15)14-11-4-2-3-10(12)7-11/h2-8H,1H3. The molecular weight excluding hydrogens is 210 g/mol. The average Bonchev–Trinajstić information content (AvgIpc) is 2.70. The van der Waals surface area contributed by atoms with Crippen LogP contribution < -0.4 is 0 Å². The number of halogens is 1. The van der Waals surface area contributed by atoms with Crippen LogP contribution in [0.3, 0.4) is 0 Å². The Balaban J connectivity index is 2.31. The van der Waals surface area contributed by atoms with E-state index in [0.29, 0.717) is 5.02 Å². The number of hydrogen-bond donors (Lipinski definition) is 0. The van der Waals surface area contributed by atoms with Crippen molar-refractivity contribution in [3.63, 3.8) is 0 Å². The van der Waals surface area contributed by atoms with Crippen LogP contribution >= 0.6 is 11.6 Å². The second-order valence-electron chi connectivity index (χ2n) is 3.11. The predicted molar refractivity (Wildman–Crippen MR) is 61.8 cm³/mol. The van der Waals surface area contributed by atoms with Gasteiger partial charge in [-0.15, -0.1) is 0 Å². The zero-order chi connectivity index (χ0) is 10.7. The highest BCUT2D eigenvalue weighted by Gasteiger charge is 1.95. The molecule has 0 unspecified atom stereocenters. The first kappa shape index (κ1) is 9.93. The number of aromatic nitrogens is 2. The molecule has 0 amide bonds. The highest BCUT2D eigenvalue weighted by Crippen LogP contribution is 2.18. The lowest BCUT2D eigenvalue weighted by Crippen LogP contribution is -2.03. The van der Waals surface area contributed by atoms with Gasteiger partial charge in [0.1, 0.15) is 12.2 Å². The molecule has 0 atom stereocenters. The van der Waals surface area contributed by atoms with Crippen LogP contribution in [0, 0.1) is 0 Å². The first-order valence-corrected chi connectivity index (χ1v) is 4.93. The van der Waals surface area contributed by atoms with Crippen LogP contribution in [0.2, 0.25) is 5.02 Å². The Kier molecular flexibility index (Phi) is 2.83. The van der Waals surface area contributed by atoms with Gasteiger partial charge in [-0.05, 0) is 25.1 Å². The van der Waals surface area contributed by atoms with E-state index in [1.165, 1.54) is 0 Å². The van der Waals surface area contributed by atoms with Gasteiger partial charge in [0.15, 0.2) is 0 Å². The summed E-state index contributed by atoms with van der Waals surface area (Å²) in [4.78, 5) is 8.38. The van der Waals surface area contributed by atoms with Crippen LogP contribution in [0.4, 0.5) is 5.69 Å². The van der Waals surface area contributed by atoms with Gasteiger partial charge < -0.3 is 0 Å². The molecule has 0 aliphatic carbocycles. The van der Waals surface area contributed by atoms with Gasteiger partial charge in [-0.25, -0.2) is 9.98 Å². The van der Waals surface area contributed by atoms with E-state index in [1.54, 1.807) is 12.5 Å². The lowest BCUT2D eigenvalue weighted by molar-refractivity contribution is 1.11. The molecule has 1 aromatic carbocycles. The van der Waals surface area contributed by atoms with Crippen molar-refractivity contribution in [2.45, 2.75) is 6.92 Å². The molecule has 0 radical (unpaired) electrons. The largest absolute Gasteiger partial charge is 0.294 e. The molecule has 0 fully saturated rings. The molecule has 2 rings (SSSR count). The molecular formula is C11H10ClN3. The molecule has 15 heavy (non-hydrogen) atoms. The van der Waals surface area contributed by atoms with Gasteiger partial charge in [0.25, 0.3) is 0 Å². The summed E-state index contributed by atoms with van der Waals surface area (Å²) in [5, 5.41) is 0.690. The molecule has 0 aliphatic heterocycles. The van der Waals surface area contributed by atoms with Gasteiger partial charge in [0.05, 0.1) is 5.69 Å². The van der Waals surface area contributed by atoms with Gasteiger partial charge in [-0.3, -0.25) is 4.57 Å². The summed E-state index contributed by atoms with van der Waals surface area (Å²) in [6.45, 7) is 1.92. The molecule has 4 heteroatoms. The average molecular weight is 220 g/mol. The number of hydrogen-bond acceptors (Lipinski definition) is 2. The second kappa shape index (κ2) is 4.28. The Labute approximate surface area is 93.1 Å². The third-order valence-electron chi connectivity index (χ3n) is 1.98. The second-order valence-corrected chi connectivity index (χ2v) is 3.55. The smallest absolute Gasteiger partial charge is 0.111 e. The van der Waals surface area contributed by atoms with Crippen LogP contribution in [0.25, 0.3) is 0 Å². The van der Waals surface area contributed by atoms with Gasteiger partial charge in [0.2, 0.25) is 0 Å². The van der Waals surface area contributed by atoms with Crippen LogP contribution in [0.5, 0.6) is 0 Å². The van der Waals surface area contributed by atoms with E-state index in [0.717, 1.165) is 11.5 Å². The minimum atomic E-state index is 0.690. The Bertz CT molecular complexity index is 474. The Morgan fingerprint density at radius 3 is 3.00 bits per heavy atom. The predicted octanol–water partition coefficient (Wildman–Crippen LogP) is 3.13. The summed E-state index contributed by atoms with van der Waals surface area (Å²) < 4.78 is 1.85. The third-order valence-corrected chi connectivity index (χ3v) is 2.21. The Morgan fingerprint density at radius 1 is 1.47 bits per heavy atom. The zero-order valence-electron chi connectivity index (χ0n) is 8.26. The summed E-state index contributed by atoms with van der Waals surface area (Å²) in [6.07, 6.45) is 5.28. The quantitative estimate of drug-likeness (QED) is 0.535. The van der Waals surface area contributed by atoms with Crippen LogP contribution in [0.1, 0.15) is 6.92 Å². The Hall–Kier alpha value is -1.61. The number of aliphatic imine (C=N–C) groups is 1. The lowest BCUT2D eigenvalue weighted by atomic mass is 10.3. The maximum Gasteiger partial charge on any atom is 0.111 e. The first-order chi connectivity index (χ1) is 7.25. The van der Waals surface area contributed by atoms with Crippen molar-refractivity contribution in [1.82, 2.24) is 9.55 Å². The molecule has 2 aromatic rings.